The molecular weight excluding hydrogens is 470 g/mol. The maximum absolute atomic E-state index is 12.4. The van der Waals surface area contributed by atoms with Crippen LogP contribution in [0.2, 0.25) is 0 Å². The number of carbonyl (C=O) groups excluding carboxylic acids is 1. The van der Waals surface area contributed by atoms with Crippen molar-refractivity contribution in [3.05, 3.63) is 64.0 Å². The molecule has 3 heterocycles. The largest absolute Gasteiger partial charge is 0.488 e. The minimum atomic E-state index is -0.239. The Labute approximate surface area is 216 Å². The van der Waals surface area contributed by atoms with Crippen LogP contribution in [0.25, 0.3) is 11.3 Å². The summed E-state index contributed by atoms with van der Waals surface area (Å²) in [6.07, 6.45) is 2.86. The normalized spacial score (nSPS) is 22.5. The zero-order valence-corrected chi connectivity index (χ0v) is 21.8. The molecule has 1 saturated heterocycles. The standard InChI is InChI=1S/C29H33N3O3S/c1-3-34-27(33)29-9-11-32(16-23(29)14-29)28-31-25(18-36-28)24-12-19(2)4-7-26(24)35-17-20-5-6-22-15-30-10-8-21(22)13-20/h4-7,12-13,18,23,30H,3,8-11,14-17H2,1-2H3/t23?,29-/m1/s1. The average Bonchev–Trinajstić information content (AvgIpc) is 3.45. The Morgan fingerprint density at radius 1 is 1.25 bits per heavy atom. The molecule has 188 valence electrons. The first kappa shape index (κ1) is 23.5. The smallest absolute Gasteiger partial charge is 0.312 e. The first-order valence-electron chi connectivity index (χ1n) is 13.0. The number of thiazole rings is 1. The monoisotopic (exact) mass is 503 g/mol. The van der Waals surface area contributed by atoms with E-state index in [1.165, 1.54) is 22.3 Å². The molecule has 36 heavy (non-hydrogen) atoms. The number of fused-ring (bicyclic) bond motifs is 2. The van der Waals surface area contributed by atoms with Crippen molar-refractivity contribution >= 4 is 22.4 Å². The summed E-state index contributed by atoms with van der Waals surface area (Å²) in [6, 6.07) is 13.0. The molecule has 0 bridgehead atoms. The molecule has 2 aliphatic heterocycles. The molecule has 0 amide bonds. The van der Waals surface area contributed by atoms with Crippen molar-refractivity contribution in [2.75, 3.05) is 31.1 Å². The van der Waals surface area contributed by atoms with Crippen LogP contribution in [0.5, 0.6) is 5.75 Å². The third-order valence-corrected chi connectivity index (χ3v) is 8.81. The van der Waals surface area contributed by atoms with E-state index in [-0.39, 0.29) is 11.4 Å². The first-order valence-corrected chi connectivity index (χ1v) is 13.9. The van der Waals surface area contributed by atoms with E-state index in [4.69, 9.17) is 14.5 Å². The van der Waals surface area contributed by atoms with Crippen LogP contribution in [-0.2, 0) is 29.1 Å². The van der Waals surface area contributed by atoms with Crippen LogP contribution < -0.4 is 15.0 Å². The molecule has 6 nitrogen and oxygen atoms in total. The molecule has 1 aromatic heterocycles. The number of nitrogens with zero attached hydrogens (tertiary/aromatic N) is 2. The second-order valence-corrected chi connectivity index (χ2v) is 11.1. The summed E-state index contributed by atoms with van der Waals surface area (Å²) in [7, 11) is 0. The molecular formula is C29H33N3O3S. The van der Waals surface area contributed by atoms with Gasteiger partial charge in [0.25, 0.3) is 0 Å². The number of hydrogen-bond acceptors (Lipinski definition) is 7. The summed E-state index contributed by atoms with van der Waals surface area (Å²) in [6.45, 7) is 8.68. The lowest BCUT2D eigenvalue weighted by molar-refractivity contribution is -0.150. The highest BCUT2D eigenvalue weighted by atomic mass is 32.1. The van der Waals surface area contributed by atoms with Gasteiger partial charge in [0, 0.05) is 30.6 Å². The van der Waals surface area contributed by atoms with E-state index in [0.29, 0.717) is 19.1 Å². The number of esters is 1. The Hall–Kier alpha value is -2.90. The van der Waals surface area contributed by atoms with Gasteiger partial charge in [0.05, 0.1) is 17.7 Å². The number of nitrogens with one attached hydrogen (secondary N) is 1. The number of carbonyl (C=O) groups is 1. The van der Waals surface area contributed by atoms with Crippen LogP contribution in [0, 0.1) is 18.3 Å². The first-order chi connectivity index (χ1) is 17.6. The third kappa shape index (κ3) is 4.39. The fourth-order valence-electron chi connectivity index (χ4n) is 5.70. The lowest BCUT2D eigenvalue weighted by Crippen LogP contribution is -2.38. The van der Waals surface area contributed by atoms with Crippen molar-refractivity contribution in [3.63, 3.8) is 0 Å². The van der Waals surface area contributed by atoms with Crippen molar-refractivity contribution in [1.82, 2.24) is 10.3 Å². The zero-order valence-electron chi connectivity index (χ0n) is 21.0. The van der Waals surface area contributed by atoms with Crippen molar-refractivity contribution < 1.29 is 14.3 Å². The molecule has 1 unspecified atom stereocenters. The van der Waals surface area contributed by atoms with E-state index >= 15 is 0 Å². The van der Waals surface area contributed by atoms with E-state index in [1.807, 2.05) is 6.92 Å². The van der Waals surface area contributed by atoms with Crippen LogP contribution in [-0.4, -0.2) is 37.2 Å². The number of piperidine rings is 1. The zero-order chi connectivity index (χ0) is 24.7. The van der Waals surface area contributed by atoms with E-state index < -0.39 is 0 Å². The highest BCUT2D eigenvalue weighted by Gasteiger charge is 2.63. The topological polar surface area (TPSA) is 63.7 Å². The molecule has 3 aromatic rings. The molecule has 7 heteroatoms. The Morgan fingerprint density at radius 2 is 2.17 bits per heavy atom. The summed E-state index contributed by atoms with van der Waals surface area (Å²) < 4.78 is 11.7. The minimum Gasteiger partial charge on any atom is -0.488 e. The maximum Gasteiger partial charge on any atom is 0.312 e. The van der Waals surface area contributed by atoms with Gasteiger partial charge in [-0.05, 0) is 74.4 Å². The van der Waals surface area contributed by atoms with E-state index in [0.717, 1.165) is 67.6 Å². The summed E-state index contributed by atoms with van der Waals surface area (Å²) in [5.41, 5.74) is 6.93. The fraction of sp³-hybridized carbons (Fsp3) is 0.448. The maximum atomic E-state index is 12.4. The number of ether oxygens (including phenoxy) is 2. The second-order valence-electron chi connectivity index (χ2n) is 10.3. The Kier molecular flexibility index (Phi) is 6.21. The number of hydrogen-bond donors (Lipinski definition) is 1. The van der Waals surface area contributed by atoms with Crippen molar-refractivity contribution in [2.45, 2.75) is 46.3 Å². The Balaban J connectivity index is 1.16. The third-order valence-electron chi connectivity index (χ3n) is 7.91. The molecule has 2 fully saturated rings. The quantitative estimate of drug-likeness (QED) is 0.452. The van der Waals surface area contributed by atoms with E-state index in [2.05, 4.69) is 58.9 Å². The fourth-order valence-corrected chi connectivity index (χ4v) is 6.57. The van der Waals surface area contributed by atoms with Crippen molar-refractivity contribution in [3.8, 4) is 17.0 Å². The van der Waals surface area contributed by atoms with Gasteiger partial charge in [-0.1, -0.05) is 29.8 Å². The summed E-state index contributed by atoms with van der Waals surface area (Å²) >= 11 is 1.67. The van der Waals surface area contributed by atoms with Gasteiger partial charge in [0.1, 0.15) is 12.4 Å². The predicted octanol–water partition coefficient (Wildman–Crippen LogP) is 5.12. The van der Waals surface area contributed by atoms with Gasteiger partial charge in [-0.15, -0.1) is 11.3 Å². The van der Waals surface area contributed by atoms with Gasteiger partial charge in [0.15, 0.2) is 5.13 Å². The average molecular weight is 504 g/mol. The van der Waals surface area contributed by atoms with Crippen LogP contribution >= 0.6 is 11.3 Å². The molecule has 1 saturated carbocycles. The number of anilines is 1. The highest BCUT2D eigenvalue weighted by molar-refractivity contribution is 7.14. The molecule has 1 N–H and O–H groups in total. The lowest BCUT2D eigenvalue weighted by atomic mass is 9.95. The molecule has 0 radical (unpaired) electrons. The predicted molar refractivity (Wildman–Crippen MR) is 142 cm³/mol. The Bertz CT molecular complexity index is 1290. The molecule has 1 aliphatic carbocycles. The van der Waals surface area contributed by atoms with Gasteiger partial charge >= 0.3 is 5.97 Å². The Morgan fingerprint density at radius 3 is 3.03 bits per heavy atom. The molecule has 2 aromatic carbocycles. The lowest BCUT2D eigenvalue weighted by Gasteiger charge is -2.30. The molecule has 2 atom stereocenters. The highest BCUT2D eigenvalue weighted by Crippen LogP contribution is 2.59. The summed E-state index contributed by atoms with van der Waals surface area (Å²) in [4.78, 5) is 19.8. The van der Waals surface area contributed by atoms with Crippen LogP contribution in [0.15, 0.2) is 41.8 Å². The van der Waals surface area contributed by atoms with E-state index in [1.54, 1.807) is 11.3 Å². The second kappa shape index (κ2) is 9.52. The summed E-state index contributed by atoms with van der Waals surface area (Å²) in [5.74, 6) is 1.23. The van der Waals surface area contributed by atoms with Crippen LogP contribution in [0.3, 0.4) is 0 Å². The van der Waals surface area contributed by atoms with Crippen LogP contribution in [0.4, 0.5) is 5.13 Å². The van der Waals surface area contributed by atoms with Crippen molar-refractivity contribution in [2.24, 2.45) is 11.3 Å². The van der Waals surface area contributed by atoms with Gasteiger partial charge in [-0.2, -0.15) is 0 Å². The van der Waals surface area contributed by atoms with Gasteiger partial charge in [-0.25, -0.2) is 4.98 Å². The number of aryl methyl sites for hydroxylation is 1. The minimum absolute atomic E-state index is 0.00776. The molecule has 0 spiro atoms. The number of aromatic nitrogens is 1. The van der Waals surface area contributed by atoms with Gasteiger partial charge in [0.2, 0.25) is 0 Å². The number of rotatable bonds is 7. The van der Waals surface area contributed by atoms with Gasteiger partial charge < -0.3 is 19.7 Å². The van der Waals surface area contributed by atoms with Crippen LogP contribution in [0.1, 0.15) is 42.0 Å². The number of benzene rings is 2. The van der Waals surface area contributed by atoms with E-state index in [9.17, 15) is 4.79 Å². The SMILES string of the molecule is CCOC(=O)[C@@]12CCN(c3nc(-c4cc(C)ccc4OCc4ccc5c(c4)CCNC5)cs3)CC1C2. The van der Waals surface area contributed by atoms with Crippen molar-refractivity contribution in [1.29, 1.82) is 0 Å². The summed E-state index contributed by atoms with van der Waals surface area (Å²) in [5, 5.41) is 6.58. The molecule has 3 aliphatic rings. The molecule has 6 rings (SSSR count). The van der Waals surface area contributed by atoms with Gasteiger partial charge in [-0.3, -0.25) is 4.79 Å².